The third-order valence-electron chi connectivity index (χ3n) is 3.66. The lowest BCUT2D eigenvalue weighted by Gasteiger charge is -2.37. The number of hydrogen-bond donors (Lipinski definition) is 1. The van der Waals surface area contributed by atoms with Crippen LogP contribution in [0.2, 0.25) is 0 Å². The minimum atomic E-state index is 0.565. The van der Waals surface area contributed by atoms with Crippen molar-refractivity contribution in [1.29, 1.82) is 0 Å². The van der Waals surface area contributed by atoms with Gasteiger partial charge in [0.15, 0.2) is 0 Å². The van der Waals surface area contributed by atoms with Gasteiger partial charge in [0, 0.05) is 51.2 Å². The number of imidazole rings is 1. The number of aromatic nitrogens is 2. The van der Waals surface area contributed by atoms with E-state index in [0.29, 0.717) is 6.04 Å². The minimum Gasteiger partial charge on any atom is -0.354 e. The summed E-state index contributed by atoms with van der Waals surface area (Å²) in [6.07, 6.45) is 5.05. The number of anilines is 1. The first-order valence-corrected chi connectivity index (χ1v) is 6.84. The van der Waals surface area contributed by atoms with Gasteiger partial charge in [0.2, 0.25) is 5.95 Å². The van der Waals surface area contributed by atoms with Crippen LogP contribution >= 0.6 is 0 Å². The van der Waals surface area contributed by atoms with E-state index >= 15 is 0 Å². The van der Waals surface area contributed by atoms with Gasteiger partial charge in [-0.2, -0.15) is 0 Å². The number of aryl methyl sites for hydroxylation is 1. The zero-order chi connectivity index (χ0) is 13.0. The second kappa shape index (κ2) is 6.20. The van der Waals surface area contributed by atoms with Crippen molar-refractivity contribution < 1.29 is 0 Å². The standard InChI is InChI=1S/C13H25N5/c1-4-6-18-7-5-14-13(18)15-10-12-11-16(2)8-9-17(12)3/h5,7,12H,4,6,8-11H2,1-3H3,(H,14,15). The SMILES string of the molecule is CCCn1ccnc1NCC1CN(C)CCN1C. The van der Waals surface area contributed by atoms with Gasteiger partial charge < -0.3 is 14.8 Å². The van der Waals surface area contributed by atoms with Crippen LogP contribution in [0.4, 0.5) is 5.95 Å². The Morgan fingerprint density at radius 2 is 2.22 bits per heavy atom. The molecule has 1 aliphatic rings. The number of piperazine rings is 1. The van der Waals surface area contributed by atoms with E-state index in [1.54, 1.807) is 0 Å². The maximum absolute atomic E-state index is 4.38. The largest absolute Gasteiger partial charge is 0.354 e. The van der Waals surface area contributed by atoms with Crippen LogP contribution in [0.15, 0.2) is 12.4 Å². The van der Waals surface area contributed by atoms with Crippen LogP contribution < -0.4 is 5.32 Å². The van der Waals surface area contributed by atoms with Gasteiger partial charge >= 0.3 is 0 Å². The summed E-state index contributed by atoms with van der Waals surface area (Å²) >= 11 is 0. The Balaban J connectivity index is 1.88. The molecular formula is C13H25N5. The van der Waals surface area contributed by atoms with Crippen molar-refractivity contribution in [3.63, 3.8) is 0 Å². The average Bonchev–Trinajstić information content (AvgIpc) is 2.78. The first-order chi connectivity index (χ1) is 8.70. The number of rotatable bonds is 5. The fourth-order valence-corrected chi connectivity index (χ4v) is 2.43. The van der Waals surface area contributed by atoms with Gasteiger partial charge in [0.25, 0.3) is 0 Å². The van der Waals surface area contributed by atoms with E-state index in [4.69, 9.17) is 0 Å². The highest BCUT2D eigenvalue weighted by atomic mass is 15.3. The molecule has 1 aliphatic heterocycles. The highest BCUT2D eigenvalue weighted by Crippen LogP contribution is 2.09. The predicted molar refractivity (Wildman–Crippen MR) is 74.9 cm³/mol. The predicted octanol–water partition coefficient (Wildman–Crippen LogP) is 0.951. The Labute approximate surface area is 110 Å². The molecule has 0 amide bonds. The van der Waals surface area contributed by atoms with Crippen molar-refractivity contribution >= 4 is 5.95 Å². The lowest BCUT2D eigenvalue weighted by Crippen LogP contribution is -2.52. The molecule has 0 spiro atoms. The molecule has 18 heavy (non-hydrogen) atoms. The summed E-state index contributed by atoms with van der Waals surface area (Å²) in [4.78, 5) is 9.21. The quantitative estimate of drug-likeness (QED) is 0.845. The summed E-state index contributed by atoms with van der Waals surface area (Å²) in [5, 5.41) is 3.48. The molecule has 1 saturated heterocycles. The van der Waals surface area contributed by atoms with E-state index in [1.165, 1.54) is 0 Å². The van der Waals surface area contributed by atoms with Crippen LogP contribution in [-0.2, 0) is 6.54 Å². The normalized spacial score (nSPS) is 22.3. The molecule has 5 heteroatoms. The summed E-state index contributed by atoms with van der Waals surface area (Å²) in [7, 11) is 4.40. The van der Waals surface area contributed by atoms with Gasteiger partial charge in [-0.3, -0.25) is 4.90 Å². The summed E-state index contributed by atoms with van der Waals surface area (Å²) in [5.41, 5.74) is 0. The van der Waals surface area contributed by atoms with E-state index in [-0.39, 0.29) is 0 Å². The van der Waals surface area contributed by atoms with E-state index in [1.807, 2.05) is 12.4 Å². The van der Waals surface area contributed by atoms with Crippen molar-refractivity contribution in [2.45, 2.75) is 25.9 Å². The van der Waals surface area contributed by atoms with Crippen LogP contribution in [-0.4, -0.2) is 65.7 Å². The smallest absolute Gasteiger partial charge is 0.202 e. The molecule has 1 N–H and O–H groups in total. The highest BCUT2D eigenvalue weighted by Gasteiger charge is 2.22. The summed E-state index contributed by atoms with van der Waals surface area (Å²) < 4.78 is 2.19. The van der Waals surface area contributed by atoms with Gasteiger partial charge in [-0.1, -0.05) is 6.92 Å². The molecule has 1 atom stereocenters. The van der Waals surface area contributed by atoms with Gasteiger partial charge in [0.1, 0.15) is 0 Å². The fourth-order valence-electron chi connectivity index (χ4n) is 2.43. The van der Waals surface area contributed by atoms with E-state index in [9.17, 15) is 0 Å². The molecule has 0 bridgehead atoms. The lowest BCUT2D eigenvalue weighted by molar-refractivity contribution is 0.121. The topological polar surface area (TPSA) is 36.3 Å². The molecule has 5 nitrogen and oxygen atoms in total. The fraction of sp³-hybridized carbons (Fsp3) is 0.769. The highest BCUT2D eigenvalue weighted by molar-refractivity contribution is 5.26. The molecule has 1 unspecified atom stereocenters. The maximum Gasteiger partial charge on any atom is 0.202 e. The molecule has 0 aliphatic carbocycles. The number of nitrogens with one attached hydrogen (secondary N) is 1. The number of hydrogen-bond acceptors (Lipinski definition) is 4. The van der Waals surface area contributed by atoms with Gasteiger partial charge in [-0.25, -0.2) is 4.98 Å². The van der Waals surface area contributed by atoms with Crippen LogP contribution in [0.3, 0.4) is 0 Å². The average molecular weight is 251 g/mol. The molecule has 2 heterocycles. The van der Waals surface area contributed by atoms with E-state index in [0.717, 1.165) is 45.1 Å². The van der Waals surface area contributed by atoms with E-state index in [2.05, 4.69) is 45.7 Å². The Morgan fingerprint density at radius 1 is 1.39 bits per heavy atom. The van der Waals surface area contributed by atoms with Crippen LogP contribution in [0, 0.1) is 0 Å². The van der Waals surface area contributed by atoms with Crippen molar-refractivity contribution in [2.75, 3.05) is 45.6 Å². The van der Waals surface area contributed by atoms with Gasteiger partial charge in [0.05, 0.1) is 0 Å². The molecule has 1 aromatic heterocycles. The monoisotopic (exact) mass is 251 g/mol. The second-order valence-electron chi connectivity index (χ2n) is 5.22. The Kier molecular flexibility index (Phi) is 4.60. The molecule has 0 radical (unpaired) electrons. The molecule has 1 aromatic rings. The molecule has 102 valence electrons. The first kappa shape index (κ1) is 13.4. The molecular weight excluding hydrogens is 226 g/mol. The summed E-state index contributed by atoms with van der Waals surface area (Å²) in [5.74, 6) is 0.999. The third kappa shape index (κ3) is 3.23. The third-order valence-corrected chi connectivity index (χ3v) is 3.66. The number of nitrogens with zero attached hydrogens (tertiary/aromatic N) is 4. The summed E-state index contributed by atoms with van der Waals surface area (Å²) in [6, 6.07) is 0.565. The molecule has 1 fully saturated rings. The zero-order valence-corrected chi connectivity index (χ0v) is 11.8. The number of likely N-dealkylation sites (N-methyl/N-ethyl adjacent to an activating group) is 2. The van der Waals surface area contributed by atoms with Crippen molar-refractivity contribution in [1.82, 2.24) is 19.4 Å². The second-order valence-corrected chi connectivity index (χ2v) is 5.22. The molecule has 0 saturated carbocycles. The molecule has 0 aromatic carbocycles. The maximum atomic E-state index is 4.38. The van der Waals surface area contributed by atoms with Crippen molar-refractivity contribution in [2.24, 2.45) is 0 Å². The Morgan fingerprint density at radius 3 is 3.00 bits per heavy atom. The first-order valence-electron chi connectivity index (χ1n) is 6.84. The Hall–Kier alpha value is -1.07. The van der Waals surface area contributed by atoms with Crippen molar-refractivity contribution in [3.8, 4) is 0 Å². The van der Waals surface area contributed by atoms with Gasteiger partial charge in [-0.15, -0.1) is 0 Å². The van der Waals surface area contributed by atoms with Crippen molar-refractivity contribution in [3.05, 3.63) is 12.4 Å². The van der Waals surface area contributed by atoms with Crippen LogP contribution in [0.5, 0.6) is 0 Å². The Bertz CT molecular complexity index is 362. The van der Waals surface area contributed by atoms with E-state index < -0.39 is 0 Å². The summed E-state index contributed by atoms with van der Waals surface area (Å²) in [6.45, 7) is 7.61. The van der Waals surface area contributed by atoms with Gasteiger partial charge in [-0.05, 0) is 20.5 Å². The lowest BCUT2D eigenvalue weighted by atomic mass is 10.2. The minimum absolute atomic E-state index is 0.565. The van der Waals surface area contributed by atoms with Crippen LogP contribution in [0.1, 0.15) is 13.3 Å². The molecule has 2 rings (SSSR count). The van der Waals surface area contributed by atoms with Crippen LogP contribution in [0.25, 0.3) is 0 Å². The zero-order valence-electron chi connectivity index (χ0n) is 11.8.